The maximum atomic E-state index is 6.16. The molecular formula is C20H24N6O. The van der Waals surface area contributed by atoms with E-state index in [1.165, 1.54) is 0 Å². The van der Waals surface area contributed by atoms with Gasteiger partial charge in [0.1, 0.15) is 22.8 Å². The number of methoxy groups -OCH3 is 1. The maximum absolute atomic E-state index is 6.16. The summed E-state index contributed by atoms with van der Waals surface area (Å²) >= 11 is 0. The SMILES string of the molecule is COC(C)(C)C#Cc1ncc(-c2cc3c(cn2)nc(C)n3C(C)C)c(N)n1. The first-order chi connectivity index (χ1) is 12.7. The molecule has 0 amide bonds. The Morgan fingerprint density at radius 2 is 1.93 bits per heavy atom. The van der Waals surface area contributed by atoms with Crippen molar-refractivity contribution < 1.29 is 4.74 Å². The van der Waals surface area contributed by atoms with E-state index in [1.807, 2.05) is 26.8 Å². The van der Waals surface area contributed by atoms with E-state index < -0.39 is 5.60 Å². The Bertz CT molecular complexity index is 1060. The second-order valence-electron chi connectivity index (χ2n) is 7.14. The summed E-state index contributed by atoms with van der Waals surface area (Å²) in [7, 11) is 1.61. The van der Waals surface area contributed by atoms with Gasteiger partial charge in [-0.2, -0.15) is 0 Å². The monoisotopic (exact) mass is 364 g/mol. The Hall–Kier alpha value is -2.98. The van der Waals surface area contributed by atoms with Gasteiger partial charge in [-0.15, -0.1) is 0 Å². The van der Waals surface area contributed by atoms with Crippen LogP contribution in [0, 0.1) is 18.8 Å². The molecule has 0 spiro atoms. The zero-order valence-corrected chi connectivity index (χ0v) is 16.5. The number of aryl methyl sites for hydroxylation is 1. The van der Waals surface area contributed by atoms with Gasteiger partial charge < -0.3 is 15.0 Å². The number of ether oxygens (including phenoxy) is 1. The molecule has 0 bridgehead atoms. The molecule has 7 heteroatoms. The quantitative estimate of drug-likeness (QED) is 0.718. The fourth-order valence-electron chi connectivity index (χ4n) is 2.83. The van der Waals surface area contributed by atoms with Gasteiger partial charge in [-0.1, -0.05) is 5.92 Å². The van der Waals surface area contributed by atoms with Crippen LogP contribution in [-0.2, 0) is 4.74 Å². The van der Waals surface area contributed by atoms with E-state index in [-0.39, 0.29) is 0 Å². The third-order valence-corrected chi connectivity index (χ3v) is 4.35. The average molecular weight is 364 g/mol. The van der Waals surface area contributed by atoms with Crippen LogP contribution in [-0.4, -0.2) is 37.2 Å². The van der Waals surface area contributed by atoms with E-state index in [0.717, 1.165) is 16.9 Å². The molecule has 3 heterocycles. The normalized spacial score (nSPS) is 11.7. The lowest BCUT2D eigenvalue weighted by atomic mass is 10.1. The van der Waals surface area contributed by atoms with Gasteiger partial charge in [-0.25, -0.2) is 15.0 Å². The predicted molar refractivity (Wildman–Crippen MR) is 106 cm³/mol. The molecule has 0 unspecified atom stereocenters. The molecule has 0 aliphatic heterocycles. The minimum Gasteiger partial charge on any atom is -0.383 e. The summed E-state index contributed by atoms with van der Waals surface area (Å²) in [5, 5.41) is 0. The molecule has 0 saturated carbocycles. The number of rotatable bonds is 3. The van der Waals surface area contributed by atoms with Crippen LogP contribution >= 0.6 is 0 Å². The van der Waals surface area contributed by atoms with E-state index in [2.05, 4.69) is 50.2 Å². The number of imidazole rings is 1. The molecule has 27 heavy (non-hydrogen) atoms. The second kappa shape index (κ2) is 6.97. The number of nitrogens with two attached hydrogens (primary N) is 1. The van der Waals surface area contributed by atoms with Gasteiger partial charge in [0.15, 0.2) is 0 Å². The van der Waals surface area contributed by atoms with Gasteiger partial charge in [0.25, 0.3) is 0 Å². The van der Waals surface area contributed by atoms with Gasteiger partial charge in [-0.3, -0.25) is 4.98 Å². The van der Waals surface area contributed by atoms with Gasteiger partial charge in [0, 0.05) is 19.3 Å². The Morgan fingerprint density at radius 1 is 1.19 bits per heavy atom. The van der Waals surface area contributed by atoms with Crippen molar-refractivity contribution in [2.24, 2.45) is 0 Å². The summed E-state index contributed by atoms with van der Waals surface area (Å²) in [4.78, 5) is 17.7. The number of fused-ring (bicyclic) bond motifs is 1. The molecule has 0 radical (unpaired) electrons. The number of hydrogen-bond donors (Lipinski definition) is 1. The zero-order valence-electron chi connectivity index (χ0n) is 16.5. The van der Waals surface area contributed by atoms with Gasteiger partial charge >= 0.3 is 0 Å². The van der Waals surface area contributed by atoms with E-state index >= 15 is 0 Å². The van der Waals surface area contributed by atoms with Crippen molar-refractivity contribution in [1.82, 2.24) is 24.5 Å². The molecule has 0 aromatic carbocycles. The fourth-order valence-corrected chi connectivity index (χ4v) is 2.83. The minimum atomic E-state index is -0.573. The Balaban J connectivity index is 2.03. The van der Waals surface area contributed by atoms with Gasteiger partial charge in [0.2, 0.25) is 5.82 Å². The third kappa shape index (κ3) is 3.76. The molecule has 3 aromatic rings. The number of hydrogen-bond acceptors (Lipinski definition) is 6. The molecule has 0 saturated heterocycles. The highest BCUT2D eigenvalue weighted by atomic mass is 16.5. The van der Waals surface area contributed by atoms with Crippen LogP contribution in [0.5, 0.6) is 0 Å². The van der Waals surface area contributed by atoms with Crippen molar-refractivity contribution in [3.05, 3.63) is 30.1 Å². The Labute approximate surface area is 159 Å². The molecule has 7 nitrogen and oxygen atoms in total. The summed E-state index contributed by atoms with van der Waals surface area (Å²) in [5.74, 6) is 7.52. The average Bonchev–Trinajstić information content (AvgIpc) is 2.95. The van der Waals surface area contributed by atoms with E-state index in [9.17, 15) is 0 Å². The van der Waals surface area contributed by atoms with Crippen LogP contribution in [0.25, 0.3) is 22.3 Å². The number of pyridine rings is 1. The Kier molecular flexibility index (Phi) is 4.85. The standard InChI is InChI=1S/C20H24N6O/c1-12(2)26-13(3)24-16-11-22-15(9-17(16)26)14-10-23-18(25-19(14)21)7-8-20(4,5)27-6/h9-12H,1-6H3,(H2,21,23,25). The van der Waals surface area contributed by atoms with Gasteiger partial charge in [0.05, 0.1) is 23.0 Å². The number of anilines is 1. The fraction of sp³-hybridized carbons (Fsp3) is 0.400. The summed E-state index contributed by atoms with van der Waals surface area (Å²) in [5.41, 5.74) is 8.83. The molecule has 140 valence electrons. The number of nitrogens with zero attached hydrogens (tertiary/aromatic N) is 5. The van der Waals surface area contributed by atoms with Crippen molar-refractivity contribution in [3.8, 4) is 23.1 Å². The van der Waals surface area contributed by atoms with Crippen LogP contribution in [0.15, 0.2) is 18.5 Å². The summed E-state index contributed by atoms with van der Waals surface area (Å²) in [6.07, 6.45) is 3.41. The largest absolute Gasteiger partial charge is 0.383 e. The van der Waals surface area contributed by atoms with Crippen LogP contribution in [0.3, 0.4) is 0 Å². The second-order valence-corrected chi connectivity index (χ2v) is 7.14. The minimum absolute atomic E-state index is 0.292. The highest BCUT2D eigenvalue weighted by Crippen LogP contribution is 2.27. The number of nitrogen functional groups attached to an aromatic ring is 1. The molecule has 0 atom stereocenters. The molecule has 2 N–H and O–H groups in total. The maximum Gasteiger partial charge on any atom is 0.206 e. The lowest BCUT2D eigenvalue weighted by Gasteiger charge is -2.14. The summed E-state index contributed by atoms with van der Waals surface area (Å²) < 4.78 is 7.45. The molecule has 0 aliphatic carbocycles. The van der Waals surface area contributed by atoms with Crippen molar-refractivity contribution in [2.45, 2.75) is 46.3 Å². The molecule has 3 aromatic heterocycles. The van der Waals surface area contributed by atoms with Crippen LogP contribution < -0.4 is 5.73 Å². The molecule has 3 rings (SSSR count). The Morgan fingerprint density at radius 3 is 2.56 bits per heavy atom. The van der Waals surface area contributed by atoms with E-state index in [4.69, 9.17) is 10.5 Å². The van der Waals surface area contributed by atoms with Crippen LogP contribution in [0.2, 0.25) is 0 Å². The van der Waals surface area contributed by atoms with Crippen molar-refractivity contribution in [3.63, 3.8) is 0 Å². The van der Waals surface area contributed by atoms with E-state index in [1.54, 1.807) is 19.5 Å². The van der Waals surface area contributed by atoms with Crippen molar-refractivity contribution in [2.75, 3.05) is 12.8 Å². The first-order valence-electron chi connectivity index (χ1n) is 8.77. The lowest BCUT2D eigenvalue weighted by Crippen LogP contribution is -2.19. The highest BCUT2D eigenvalue weighted by molar-refractivity contribution is 5.82. The first kappa shape index (κ1) is 18.8. The molecule has 0 aliphatic rings. The van der Waals surface area contributed by atoms with Crippen molar-refractivity contribution >= 4 is 16.9 Å². The third-order valence-electron chi connectivity index (χ3n) is 4.35. The predicted octanol–water partition coefficient (Wildman–Crippen LogP) is 3.14. The van der Waals surface area contributed by atoms with E-state index in [0.29, 0.717) is 28.9 Å². The lowest BCUT2D eigenvalue weighted by molar-refractivity contribution is 0.0741. The number of aromatic nitrogens is 5. The molecule has 0 fully saturated rings. The zero-order chi connectivity index (χ0) is 19.8. The van der Waals surface area contributed by atoms with Crippen LogP contribution in [0.1, 0.15) is 45.4 Å². The van der Waals surface area contributed by atoms with Crippen LogP contribution in [0.4, 0.5) is 5.82 Å². The summed E-state index contributed by atoms with van der Waals surface area (Å²) in [6.45, 7) is 9.99. The highest BCUT2D eigenvalue weighted by Gasteiger charge is 2.15. The van der Waals surface area contributed by atoms with Gasteiger partial charge in [-0.05, 0) is 46.6 Å². The first-order valence-corrected chi connectivity index (χ1v) is 8.77. The smallest absolute Gasteiger partial charge is 0.206 e. The van der Waals surface area contributed by atoms with Crippen molar-refractivity contribution in [1.29, 1.82) is 0 Å². The molecular weight excluding hydrogens is 340 g/mol. The summed E-state index contributed by atoms with van der Waals surface area (Å²) in [6, 6.07) is 2.27. The topological polar surface area (TPSA) is 91.7 Å².